The maximum atomic E-state index is 13.1. The fraction of sp³-hybridized carbons (Fsp3) is 0.318. The predicted molar refractivity (Wildman–Crippen MR) is 105 cm³/mol. The Morgan fingerprint density at radius 3 is 2.64 bits per heavy atom. The number of ether oxygens (including phenoxy) is 1. The topological polar surface area (TPSA) is 77.2 Å². The molecule has 0 radical (unpaired) electrons. The summed E-state index contributed by atoms with van der Waals surface area (Å²) in [6, 6.07) is 15.0. The first-order chi connectivity index (χ1) is 13.4. The number of rotatable bonds is 3. The Kier molecular flexibility index (Phi) is 4.63. The van der Waals surface area contributed by atoms with Crippen molar-refractivity contribution >= 4 is 5.91 Å². The molecule has 144 valence electrons. The van der Waals surface area contributed by atoms with Crippen LogP contribution in [0, 0.1) is 0 Å². The van der Waals surface area contributed by atoms with Gasteiger partial charge in [-0.05, 0) is 18.2 Å². The van der Waals surface area contributed by atoms with Crippen LogP contribution in [0.3, 0.4) is 0 Å². The van der Waals surface area contributed by atoms with Crippen LogP contribution in [0.5, 0.6) is 5.75 Å². The van der Waals surface area contributed by atoms with E-state index in [9.17, 15) is 4.79 Å². The van der Waals surface area contributed by atoms with E-state index >= 15 is 0 Å². The van der Waals surface area contributed by atoms with Gasteiger partial charge in [-0.2, -0.15) is 4.98 Å². The van der Waals surface area contributed by atoms with E-state index in [1.807, 2.05) is 63.2 Å². The largest absolute Gasteiger partial charge is 0.493 e. The van der Waals surface area contributed by atoms with Gasteiger partial charge in [-0.25, -0.2) is 0 Å². The zero-order chi connectivity index (χ0) is 19.7. The van der Waals surface area contributed by atoms with Crippen molar-refractivity contribution in [3.63, 3.8) is 0 Å². The summed E-state index contributed by atoms with van der Waals surface area (Å²) in [5.41, 5.74) is 1.90. The van der Waals surface area contributed by atoms with E-state index in [0.717, 1.165) is 17.7 Å². The van der Waals surface area contributed by atoms with Crippen molar-refractivity contribution in [2.75, 3.05) is 6.61 Å². The van der Waals surface area contributed by atoms with Crippen LogP contribution in [0.25, 0.3) is 11.5 Å². The molecule has 0 saturated heterocycles. The molecule has 1 N–H and O–H groups in total. The number of amides is 1. The molecule has 1 amide bonds. The van der Waals surface area contributed by atoms with Gasteiger partial charge in [-0.15, -0.1) is 0 Å². The molecule has 1 aliphatic heterocycles. The lowest BCUT2D eigenvalue weighted by Crippen LogP contribution is -2.32. The van der Waals surface area contributed by atoms with Crippen molar-refractivity contribution < 1.29 is 14.1 Å². The minimum absolute atomic E-state index is 0.0988. The summed E-state index contributed by atoms with van der Waals surface area (Å²) < 4.78 is 11.1. The van der Waals surface area contributed by atoms with Gasteiger partial charge in [-0.1, -0.05) is 56.3 Å². The molecule has 0 spiro atoms. The van der Waals surface area contributed by atoms with Crippen molar-refractivity contribution in [1.29, 1.82) is 0 Å². The van der Waals surface area contributed by atoms with Crippen LogP contribution in [-0.4, -0.2) is 22.7 Å². The number of aromatic nitrogens is 2. The van der Waals surface area contributed by atoms with Gasteiger partial charge in [0.2, 0.25) is 0 Å². The molecule has 3 aromatic rings. The normalized spacial score (nSPS) is 16.2. The third-order valence-electron chi connectivity index (χ3n) is 4.76. The van der Waals surface area contributed by atoms with Gasteiger partial charge in [-0.3, -0.25) is 4.79 Å². The fourth-order valence-electron chi connectivity index (χ4n) is 3.23. The lowest BCUT2D eigenvalue weighted by Gasteiger charge is -2.26. The van der Waals surface area contributed by atoms with Gasteiger partial charge in [0.1, 0.15) is 5.75 Å². The molecule has 1 atom stereocenters. The lowest BCUT2D eigenvalue weighted by molar-refractivity contribution is 0.0925. The van der Waals surface area contributed by atoms with Crippen molar-refractivity contribution in [1.82, 2.24) is 15.5 Å². The van der Waals surface area contributed by atoms with E-state index in [1.54, 1.807) is 6.07 Å². The average molecular weight is 377 g/mol. The minimum Gasteiger partial charge on any atom is -0.493 e. The summed E-state index contributed by atoms with van der Waals surface area (Å²) in [6.07, 6.45) is 0.722. The van der Waals surface area contributed by atoms with Crippen LogP contribution in [-0.2, 0) is 5.41 Å². The van der Waals surface area contributed by atoms with Crippen LogP contribution in [0.15, 0.2) is 53.1 Å². The lowest BCUT2D eigenvalue weighted by atomic mass is 9.96. The number of hydrogen-bond donors (Lipinski definition) is 1. The number of hydrogen-bond acceptors (Lipinski definition) is 5. The first-order valence-corrected chi connectivity index (χ1v) is 9.39. The fourth-order valence-corrected chi connectivity index (χ4v) is 3.23. The van der Waals surface area contributed by atoms with Crippen LogP contribution >= 0.6 is 0 Å². The van der Waals surface area contributed by atoms with Crippen molar-refractivity contribution in [3.05, 3.63) is 65.5 Å². The highest BCUT2D eigenvalue weighted by atomic mass is 16.5. The number of para-hydroxylation sites is 1. The Balaban J connectivity index is 1.62. The van der Waals surface area contributed by atoms with Gasteiger partial charge in [0.15, 0.2) is 5.82 Å². The van der Waals surface area contributed by atoms with E-state index in [2.05, 4.69) is 15.5 Å². The zero-order valence-electron chi connectivity index (χ0n) is 16.2. The molecular weight excluding hydrogens is 354 g/mol. The number of carbonyl (C=O) groups is 1. The molecule has 2 aromatic carbocycles. The molecule has 1 aromatic heterocycles. The monoisotopic (exact) mass is 377 g/mol. The Morgan fingerprint density at radius 1 is 1.11 bits per heavy atom. The molecule has 6 heteroatoms. The van der Waals surface area contributed by atoms with E-state index in [0.29, 0.717) is 29.4 Å². The highest BCUT2D eigenvalue weighted by Gasteiger charge is 2.26. The van der Waals surface area contributed by atoms with Crippen LogP contribution in [0.2, 0.25) is 0 Å². The standard InChI is InChI=1S/C22H23N3O3/c1-22(2,3)21-24-20(28-25-21)15-9-5-4-8-14(15)19(26)23-17-12-13-27-18-11-7-6-10-16(17)18/h4-11,17H,12-13H2,1-3H3,(H,23,26). The van der Waals surface area contributed by atoms with Crippen LogP contribution in [0.1, 0.15) is 55.0 Å². The molecule has 6 nitrogen and oxygen atoms in total. The third-order valence-corrected chi connectivity index (χ3v) is 4.76. The molecule has 28 heavy (non-hydrogen) atoms. The molecule has 4 rings (SSSR count). The maximum absolute atomic E-state index is 13.1. The number of nitrogens with zero attached hydrogens (tertiary/aromatic N) is 2. The van der Waals surface area contributed by atoms with Crippen molar-refractivity contribution in [2.24, 2.45) is 0 Å². The van der Waals surface area contributed by atoms with Crippen LogP contribution in [0.4, 0.5) is 0 Å². The Labute approximate surface area is 163 Å². The second-order valence-corrected chi connectivity index (χ2v) is 7.92. The summed E-state index contributed by atoms with van der Waals surface area (Å²) >= 11 is 0. The molecule has 0 aliphatic carbocycles. The smallest absolute Gasteiger partial charge is 0.258 e. The number of nitrogens with one attached hydrogen (secondary N) is 1. The maximum Gasteiger partial charge on any atom is 0.258 e. The molecule has 0 saturated carbocycles. The molecule has 2 heterocycles. The Morgan fingerprint density at radius 2 is 1.86 bits per heavy atom. The second kappa shape index (κ2) is 7.11. The summed E-state index contributed by atoms with van der Waals surface area (Å²) in [6.45, 7) is 6.62. The first-order valence-electron chi connectivity index (χ1n) is 9.39. The molecule has 0 fully saturated rings. The van der Waals surface area contributed by atoms with Crippen molar-refractivity contribution in [3.8, 4) is 17.2 Å². The molecule has 1 unspecified atom stereocenters. The third kappa shape index (κ3) is 3.50. The van der Waals surface area contributed by atoms with Crippen LogP contribution < -0.4 is 10.1 Å². The first kappa shape index (κ1) is 18.2. The molecular formula is C22H23N3O3. The highest BCUT2D eigenvalue weighted by Crippen LogP contribution is 2.32. The Bertz CT molecular complexity index is 1000. The van der Waals surface area contributed by atoms with E-state index in [4.69, 9.17) is 9.26 Å². The highest BCUT2D eigenvalue weighted by molar-refractivity contribution is 6.00. The van der Waals surface area contributed by atoms with Gasteiger partial charge < -0.3 is 14.6 Å². The summed E-state index contributed by atoms with van der Waals surface area (Å²) in [4.78, 5) is 17.6. The number of carbonyl (C=O) groups excluding carboxylic acids is 1. The molecule has 1 aliphatic rings. The minimum atomic E-state index is -0.231. The van der Waals surface area contributed by atoms with Crippen molar-refractivity contribution in [2.45, 2.75) is 38.6 Å². The summed E-state index contributed by atoms with van der Waals surface area (Å²) in [5.74, 6) is 1.60. The summed E-state index contributed by atoms with van der Waals surface area (Å²) in [7, 11) is 0. The van der Waals surface area contributed by atoms with E-state index in [1.165, 1.54) is 0 Å². The van der Waals surface area contributed by atoms with Gasteiger partial charge in [0, 0.05) is 17.4 Å². The average Bonchev–Trinajstić information content (AvgIpc) is 3.19. The van der Waals surface area contributed by atoms with E-state index in [-0.39, 0.29) is 17.4 Å². The van der Waals surface area contributed by atoms with Gasteiger partial charge in [0.05, 0.1) is 23.8 Å². The quantitative estimate of drug-likeness (QED) is 0.737. The predicted octanol–water partition coefficient (Wildman–Crippen LogP) is 4.29. The molecule has 0 bridgehead atoms. The second-order valence-electron chi connectivity index (χ2n) is 7.92. The summed E-state index contributed by atoms with van der Waals surface area (Å²) in [5, 5.41) is 7.21. The Hall–Kier alpha value is -3.15. The SMILES string of the molecule is CC(C)(C)c1noc(-c2ccccc2C(=O)NC2CCOc3ccccc32)n1. The van der Waals surface area contributed by atoms with E-state index < -0.39 is 0 Å². The number of fused-ring (bicyclic) bond motifs is 1. The number of benzene rings is 2. The van der Waals surface area contributed by atoms with Gasteiger partial charge >= 0.3 is 0 Å². The zero-order valence-corrected chi connectivity index (χ0v) is 16.2. The van der Waals surface area contributed by atoms with Gasteiger partial charge in [0.25, 0.3) is 11.8 Å².